The average Bonchev–Trinajstić information content (AvgIpc) is 3.54. The van der Waals surface area contributed by atoms with Crippen LogP contribution in [-0.2, 0) is 23.7 Å². The Kier molecular flexibility index (Phi) is 12.6. The third-order valence-electron chi connectivity index (χ3n) is 15.3. The molecule has 0 aromatic heterocycles. The molecule has 12 heteroatoms. The van der Waals surface area contributed by atoms with Crippen molar-refractivity contribution in [3.05, 3.63) is 0 Å². The minimum Gasteiger partial charge on any atom is -0.394 e. The van der Waals surface area contributed by atoms with Gasteiger partial charge in [0, 0.05) is 7.11 Å². The van der Waals surface area contributed by atoms with Gasteiger partial charge in [0.2, 0.25) is 0 Å². The molecule has 0 bridgehead atoms. The number of hydrogen-bond donors (Lipinski definition) is 7. The first kappa shape index (κ1) is 40.2. The van der Waals surface area contributed by atoms with E-state index < -0.39 is 61.9 Å². The standard InChI is InChI=1S/C39H68O12/c1-19(2)21(17-48-37-35(33(45)29(16-40)50-37)51-36-34(46)32(44)30(47-6)18-49-36)8-7-20(3)25-15-28(43)31-23-14-27(42)26-13-22(41)9-11-38(26,4)24(23)10-12-39(25,31)5/h19-37,40-46H,7-18H2,1-6H3/t20-,21-,22+,23-,24+,25-,26-,27+,28-,29+,30-,31-,32+,33+,34-,35-,36+,37-,38-,39-/m1/s1. The molecule has 0 spiro atoms. The fourth-order valence-electron chi connectivity index (χ4n) is 12.2. The number of hydrogen-bond acceptors (Lipinski definition) is 12. The van der Waals surface area contributed by atoms with Crippen LogP contribution in [0.2, 0.25) is 0 Å². The maximum atomic E-state index is 11.7. The summed E-state index contributed by atoms with van der Waals surface area (Å²) in [6.07, 6.45) is -1.94. The highest BCUT2D eigenvalue weighted by Crippen LogP contribution is 2.68. The molecular weight excluding hydrogens is 660 g/mol. The van der Waals surface area contributed by atoms with E-state index in [9.17, 15) is 35.7 Å². The fraction of sp³-hybridized carbons (Fsp3) is 1.00. The summed E-state index contributed by atoms with van der Waals surface area (Å²) >= 11 is 0. The lowest BCUT2D eigenvalue weighted by molar-refractivity contribution is -0.306. The summed E-state index contributed by atoms with van der Waals surface area (Å²) in [6.45, 7) is 11.3. The molecule has 0 unspecified atom stereocenters. The Labute approximate surface area is 304 Å². The van der Waals surface area contributed by atoms with Gasteiger partial charge in [0.25, 0.3) is 0 Å². The number of fused-ring (bicyclic) bond motifs is 5. The number of aliphatic hydroxyl groups excluding tert-OH is 7. The molecule has 6 fully saturated rings. The maximum Gasteiger partial charge on any atom is 0.187 e. The van der Waals surface area contributed by atoms with Crippen molar-refractivity contribution < 1.29 is 59.4 Å². The summed E-state index contributed by atoms with van der Waals surface area (Å²) in [7, 11) is 1.42. The maximum absolute atomic E-state index is 11.7. The molecule has 0 amide bonds. The van der Waals surface area contributed by atoms with E-state index in [0.29, 0.717) is 42.6 Å². The van der Waals surface area contributed by atoms with E-state index in [2.05, 4.69) is 34.6 Å². The van der Waals surface area contributed by atoms with E-state index >= 15 is 0 Å². The number of rotatable bonds is 12. The number of methoxy groups -OCH3 is 1. The van der Waals surface area contributed by atoms with Gasteiger partial charge in [0.05, 0.1) is 38.1 Å². The predicted octanol–water partition coefficient (Wildman–Crippen LogP) is 2.21. The van der Waals surface area contributed by atoms with Gasteiger partial charge in [-0.3, -0.25) is 0 Å². The van der Waals surface area contributed by atoms with Gasteiger partial charge in [-0.2, -0.15) is 0 Å². The highest BCUT2D eigenvalue weighted by molar-refractivity contribution is 5.13. The van der Waals surface area contributed by atoms with Gasteiger partial charge in [0.15, 0.2) is 12.6 Å². The summed E-state index contributed by atoms with van der Waals surface area (Å²) in [5, 5.41) is 75.4. The molecule has 7 N–H and O–H groups in total. The van der Waals surface area contributed by atoms with Crippen molar-refractivity contribution in [2.75, 3.05) is 26.9 Å². The topological polar surface area (TPSA) is 188 Å². The Balaban J connectivity index is 1.07. The molecule has 4 saturated carbocycles. The van der Waals surface area contributed by atoms with Gasteiger partial charge >= 0.3 is 0 Å². The first-order valence-electron chi connectivity index (χ1n) is 19.9. The lowest BCUT2D eigenvalue weighted by Gasteiger charge is -2.62. The fourth-order valence-corrected chi connectivity index (χ4v) is 12.2. The molecule has 4 aliphatic carbocycles. The van der Waals surface area contributed by atoms with Crippen LogP contribution in [0.25, 0.3) is 0 Å². The normalized spacial score (nSPS) is 51.2. The lowest BCUT2D eigenvalue weighted by atomic mass is 9.43. The van der Waals surface area contributed by atoms with Crippen LogP contribution in [0.3, 0.4) is 0 Å². The van der Waals surface area contributed by atoms with E-state index in [4.69, 9.17) is 23.7 Å². The second-order valence-corrected chi connectivity index (χ2v) is 18.3. The summed E-state index contributed by atoms with van der Waals surface area (Å²) in [5.41, 5.74) is 0.00983. The van der Waals surface area contributed by atoms with Gasteiger partial charge in [-0.25, -0.2) is 0 Å². The molecule has 6 aliphatic rings. The molecule has 0 aromatic carbocycles. The predicted molar refractivity (Wildman–Crippen MR) is 186 cm³/mol. The Bertz CT molecular complexity index is 1140. The van der Waals surface area contributed by atoms with Crippen molar-refractivity contribution in [2.24, 2.45) is 58.2 Å². The minimum absolute atomic E-state index is 0.00121. The van der Waals surface area contributed by atoms with E-state index in [1.807, 2.05) is 0 Å². The van der Waals surface area contributed by atoms with Crippen LogP contribution < -0.4 is 0 Å². The first-order chi connectivity index (χ1) is 24.1. The Hall–Kier alpha value is -0.480. The molecule has 2 aliphatic heterocycles. The van der Waals surface area contributed by atoms with Crippen LogP contribution in [0.1, 0.15) is 92.4 Å². The lowest BCUT2D eigenvalue weighted by Crippen LogP contribution is -2.59. The highest BCUT2D eigenvalue weighted by Gasteiger charge is 2.64. The summed E-state index contributed by atoms with van der Waals surface area (Å²) < 4.78 is 28.9. The van der Waals surface area contributed by atoms with Gasteiger partial charge in [-0.1, -0.05) is 41.0 Å². The number of aliphatic hydroxyl groups is 7. The molecule has 51 heavy (non-hydrogen) atoms. The molecule has 2 heterocycles. The highest BCUT2D eigenvalue weighted by atomic mass is 16.8. The Morgan fingerprint density at radius 2 is 1.53 bits per heavy atom. The van der Waals surface area contributed by atoms with E-state index in [-0.39, 0.29) is 47.4 Å². The van der Waals surface area contributed by atoms with Crippen LogP contribution in [0.5, 0.6) is 0 Å². The molecule has 20 atom stereocenters. The van der Waals surface area contributed by atoms with Gasteiger partial charge in [-0.15, -0.1) is 0 Å². The third-order valence-corrected chi connectivity index (χ3v) is 15.3. The van der Waals surface area contributed by atoms with Crippen molar-refractivity contribution in [3.63, 3.8) is 0 Å². The molecule has 12 nitrogen and oxygen atoms in total. The van der Waals surface area contributed by atoms with E-state index in [1.54, 1.807) is 0 Å². The first-order valence-corrected chi connectivity index (χ1v) is 19.9. The van der Waals surface area contributed by atoms with Gasteiger partial charge in [0.1, 0.15) is 36.6 Å². The summed E-state index contributed by atoms with van der Waals surface area (Å²) in [5.74, 6) is 2.27. The quantitative estimate of drug-likeness (QED) is 0.156. The van der Waals surface area contributed by atoms with E-state index in [0.717, 1.165) is 51.4 Å². The molecule has 0 radical (unpaired) electrons. The zero-order chi connectivity index (χ0) is 37.0. The van der Waals surface area contributed by atoms with Crippen LogP contribution >= 0.6 is 0 Å². The molecule has 296 valence electrons. The molecule has 0 aromatic rings. The molecular formula is C39H68O12. The van der Waals surface area contributed by atoms with Gasteiger partial charge in [-0.05, 0) is 110 Å². The van der Waals surface area contributed by atoms with Crippen molar-refractivity contribution in [2.45, 2.75) is 160 Å². The SMILES string of the molecule is CO[C@@H]1CO[C@@H](O[C@H]2[C@H](OC[C@@H](CC[C@@H](C)[C@H]3C[C@@H](O)[C@H]4[C@@H]5C[C@H](O)[C@H]6C[C@@H](O)CC[C@]6(C)[C@H]5CC[C@@]43C)C(C)C)O[C@@H](CO)[C@@H]2O)[C@H](O)[C@H]1O. The second kappa shape index (κ2) is 15.9. The largest absolute Gasteiger partial charge is 0.394 e. The summed E-state index contributed by atoms with van der Waals surface area (Å²) in [4.78, 5) is 0. The van der Waals surface area contributed by atoms with E-state index in [1.165, 1.54) is 7.11 Å². The summed E-state index contributed by atoms with van der Waals surface area (Å²) in [6, 6.07) is 0. The third kappa shape index (κ3) is 7.45. The zero-order valence-corrected chi connectivity index (χ0v) is 31.6. The smallest absolute Gasteiger partial charge is 0.187 e. The van der Waals surface area contributed by atoms with Crippen LogP contribution in [-0.4, -0.2) is 130 Å². The Morgan fingerprint density at radius 3 is 2.22 bits per heavy atom. The van der Waals surface area contributed by atoms with Crippen molar-refractivity contribution in [1.29, 1.82) is 0 Å². The van der Waals surface area contributed by atoms with Crippen LogP contribution in [0, 0.1) is 58.2 Å². The Morgan fingerprint density at radius 1 is 0.804 bits per heavy atom. The number of ether oxygens (including phenoxy) is 5. The second-order valence-electron chi connectivity index (χ2n) is 18.3. The molecule has 6 rings (SSSR count). The van der Waals surface area contributed by atoms with Gasteiger partial charge < -0.3 is 59.4 Å². The zero-order valence-electron chi connectivity index (χ0n) is 31.6. The monoisotopic (exact) mass is 728 g/mol. The average molecular weight is 729 g/mol. The van der Waals surface area contributed by atoms with Crippen molar-refractivity contribution in [1.82, 2.24) is 0 Å². The van der Waals surface area contributed by atoms with Crippen LogP contribution in [0.4, 0.5) is 0 Å². The van der Waals surface area contributed by atoms with Crippen LogP contribution in [0.15, 0.2) is 0 Å². The van der Waals surface area contributed by atoms with Crippen molar-refractivity contribution >= 4 is 0 Å². The molecule has 2 saturated heterocycles. The minimum atomic E-state index is -1.41. The van der Waals surface area contributed by atoms with Crippen molar-refractivity contribution in [3.8, 4) is 0 Å².